The van der Waals surface area contributed by atoms with Crippen molar-refractivity contribution in [2.45, 2.75) is 25.9 Å². The SMILES string of the molecule is C[Si](C)c1ccc2c3c(ccc(P(c4ccccc4)c4ccccc4)c13)CC2. The van der Waals surface area contributed by atoms with E-state index < -0.39 is 16.7 Å². The number of hydrogen-bond acceptors (Lipinski definition) is 0. The largest absolute Gasteiger partial charge is 0.0800 e. The van der Waals surface area contributed by atoms with Gasteiger partial charge in [0.15, 0.2) is 0 Å². The molecule has 1 radical (unpaired) electrons. The van der Waals surface area contributed by atoms with Crippen molar-refractivity contribution < 1.29 is 0 Å². The van der Waals surface area contributed by atoms with E-state index in [9.17, 15) is 0 Å². The van der Waals surface area contributed by atoms with E-state index in [1.54, 1.807) is 27.1 Å². The number of aryl methyl sites for hydroxylation is 2. The van der Waals surface area contributed by atoms with Crippen molar-refractivity contribution in [3.8, 4) is 0 Å². The number of rotatable bonds is 4. The molecule has 0 N–H and O–H groups in total. The highest BCUT2D eigenvalue weighted by Gasteiger charge is 2.25. The van der Waals surface area contributed by atoms with E-state index in [2.05, 4.69) is 98.0 Å². The summed E-state index contributed by atoms with van der Waals surface area (Å²) in [5.41, 5.74) is 3.10. The summed E-state index contributed by atoms with van der Waals surface area (Å²) in [5.74, 6) is 0. The van der Waals surface area contributed by atoms with Crippen LogP contribution in [-0.4, -0.2) is 8.80 Å². The van der Waals surface area contributed by atoms with Gasteiger partial charge in [0.1, 0.15) is 0 Å². The third-order valence-electron chi connectivity index (χ3n) is 5.78. The molecule has 0 unspecified atom stereocenters. The van der Waals surface area contributed by atoms with Crippen molar-refractivity contribution in [1.82, 2.24) is 0 Å². The quantitative estimate of drug-likeness (QED) is 0.348. The maximum absolute atomic E-state index is 2.45. The first-order valence-electron chi connectivity index (χ1n) is 10.0. The van der Waals surface area contributed by atoms with E-state index in [0.29, 0.717) is 0 Å². The standard InChI is InChI=1S/C26H24PSi/c1-28(2)24-18-16-20-14-13-19-15-17-23(26(24)25(19)20)27(21-9-5-3-6-10-21)22-11-7-4-8-12-22/h3-12,15-18H,13-14H2,1-2H3. The summed E-state index contributed by atoms with van der Waals surface area (Å²) in [6.07, 6.45) is 2.39. The molecule has 4 aromatic rings. The van der Waals surface area contributed by atoms with Gasteiger partial charge in [-0.1, -0.05) is 103 Å². The van der Waals surface area contributed by atoms with E-state index in [4.69, 9.17) is 0 Å². The fraction of sp³-hybridized carbons (Fsp3) is 0.154. The minimum Gasteiger partial charge on any atom is -0.0671 e. The molecule has 0 amide bonds. The summed E-state index contributed by atoms with van der Waals surface area (Å²) >= 11 is 0. The molecule has 5 rings (SSSR count). The zero-order valence-electron chi connectivity index (χ0n) is 16.4. The van der Waals surface area contributed by atoms with E-state index in [1.165, 1.54) is 28.8 Å². The third-order valence-corrected chi connectivity index (χ3v) is 9.76. The molecule has 0 heterocycles. The predicted octanol–water partition coefficient (Wildman–Crippen LogP) is 4.66. The summed E-state index contributed by atoms with van der Waals surface area (Å²) in [5, 5.41) is 9.16. The van der Waals surface area contributed by atoms with Crippen molar-refractivity contribution >= 4 is 48.6 Å². The van der Waals surface area contributed by atoms with Crippen molar-refractivity contribution in [1.29, 1.82) is 0 Å². The van der Waals surface area contributed by atoms with Crippen molar-refractivity contribution in [2.24, 2.45) is 0 Å². The Morgan fingerprint density at radius 1 is 0.607 bits per heavy atom. The number of hydrogen-bond donors (Lipinski definition) is 0. The smallest absolute Gasteiger partial charge is 0.0671 e. The van der Waals surface area contributed by atoms with Crippen molar-refractivity contribution in [2.75, 3.05) is 0 Å². The summed E-state index contributed by atoms with van der Waals surface area (Å²) in [6.45, 7) is 4.86. The van der Waals surface area contributed by atoms with E-state index >= 15 is 0 Å². The molecule has 1 aliphatic carbocycles. The topological polar surface area (TPSA) is 0 Å². The third kappa shape index (κ3) is 2.94. The Morgan fingerprint density at radius 2 is 1.14 bits per heavy atom. The molecule has 0 atom stereocenters. The van der Waals surface area contributed by atoms with Crippen LogP contribution in [0.15, 0.2) is 84.9 Å². The molecule has 137 valence electrons. The normalized spacial score (nSPS) is 13.0. The molecule has 0 aliphatic heterocycles. The maximum Gasteiger partial charge on any atom is 0.0800 e. The number of benzene rings is 4. The average Bonchev–Trinajstić information content (AvgIpc) is 3.16. The van der Waals surface area contributed by atoms with Crippen LogP contribution in [0.5, 0.6) is 0 Å². The summed E-state index contributed by atoms with van der Waals surface area (Å²) in [7, 11) is -1.12. The Labute approximate surface area is 170 Å². The Kier molecular flexibility index (Phi) is 4.66. The van der Waals surface area contributed by atoms with Gasteiger partial charge < -0.3 is 0 Å². The summed E-state index contributed by atoms with van der Waals surface area (Å²) in [6, 6.07) is 31.9. The molecule has 0 fully saturated rings. The predicted molar refractivity (Wildman–Crippen MR) is 127 cm³/mol. The molecule has 2 heteroatoms. The molecule has 4 aromatic carbocycles. The van der Waals surface area contributed by atoms with Crippen LogP contribution in [0.1, 0.15) is 11.1 Å². The van der Waals surface area contributed by atoms with Crippen LogP contribution in [0, 0.1) is 0 Å². The molecular formula is C26H24PSi. The minimum atomic E-state index is -0.567. The van der Waals surface area contributed by atoms with Gasteiger partial charge in [0.25, 0.3) is 0 Å². The molecule has 0 nitrogen and oxygen atoms in total. The van der Waals surface area contributed by atoms with Gasteiger partial charge in [0.2, 0.25) is 0 Å². The molecular weight excluding hydrogens is 371 g/mol. The lowest BCUT2D eigenvalue weighted by atomic mass is 10.1. The Morgan fingerprint density at radius 3 is 1.68 bits per heavy atom. The second-order valence-corrected chi connectivity index (χ2v) is 12.5. The molecule has 0 bridgehead atoms. The lowest BCUT2D eigenvalue weighted by Gasteiger charge is -2.24. The maximum atomic E-state index is 2.45. The fourth-order valence-corrected chi connectivity index (χ4v) is 8.25. The Bertz CT molecular complexity index is 1080. The highest BCUT2D eigenvalue weighted by atomic mass is 31.1. The second kappa shape index (κ2) is 7.31. The Balaban J connectivity index is 1.86. The molecule has 1 aliphatic rings. The van der Waals surface area contributed by atoms with Gasteiger partial charge in [0, 0.05) is 0 Å². The monoisotopic (exact) mass is 395 g/mol. The van der Waals surface area contributed by atoms with Crippen LogP contribution in [0.25, 0.3) is 10.8 Å². The van der Waals surface area contributed by atoms with Gasteiger partial charge in [-0.05, 0) is 58.6 Å². The fourth-order valence-electron chi connectivity index (χ4n) is 4.50. The van der Waals surface area contributed by atoms with E-state index in [1.807, 2.05) is 0 Å². The lowest BCUT2D eigenvalue weighted by molar-refractivity contribution is 1.02. The van der Waals surface area contributed by atoms with E-state index in [-0.39, 0.29) is 0 Å². The Hall–Kier alpha value is -2.21. The van der Waals surface area contributed by atoms with Gasteiger partial charge in [-0.3, -0.25) is 0 Å². The zero-order valence-corrected chi connectivity index (χ0v) is 18.3. The van der Waals surface area contributed by atoms with Crippen LogP contribution in [-0.2, 0) is 12.8 Å². The van der Waals surface area contributed by atoms with Crippen molar-refractivity contribution in [3.63, 3.8) is 0 Å². The van der Waals surface area contributed by atoms with Gasteiger partial charge in [-0.2, -0.15) is 0 Å². The first-order valence-corrected chi connectivity index (χ1v) is 13.9. The van der Waals surface area contributed by atoms with Crippen LogP contribution in [0.3, 0.4) is 0 Å². The first kappa shape index (κ1) is 17.9. The highest BCUT2D eigenvalue weighted by Crippen LogP contribution is 2.38. The van der Waals surface area contributed by atoms with Crippen LogP contribution < -0.4 is 21.1 Å². The zero-order chi connectivity index (χ0) is 19.1. The van der Waals surface area contributed by atoms with Crippen molar-refractivity contribution in [3.05, 3.63) is 96.1 Å². The molecule has 0 saturated carbocycles. The van der Waals surface area contributed by atoms with Gasteiger partial charge in [-0.15, -0.1) is 0 Å². The molecule has 28 heavy (non-hydrogen) atoms. The van der Waals surface area contributed by atoms with Gasteiger partial charge in [0.05, 0.1) is 8.80 Å². The van der Waals surface area contributed by atoms with Crippen LogP contribution in [0.4, 0.5) is 0 Å². The van der Waals surface area contributed by atoms with Gasteiger partial charge in [-0.25, -0.2) is 0 Å². The highest BCUT2D eigenvalue weighted by molar-refractivity contribution is 7.80. The van der Waals surface area contributed by atoms with Gasteiger partial charge >= 0.3 is 0 Å². The summed E-state index contributed by atoms with van der Waals surface area (Å²) in [4.78, 5) is 0. The lowest BCUT2D eigenvalue weighted by Crippen LogP contribution is -2.30. The molecule has 0 saturated heterocycles. The van der Waals surface area contributed by atoms with Crippen LogP contribution in [0.2, 0.25) is 13.1 Å². The minimum absolute atomic E-state index is 0.550. The first-order chi connectivity index (χ1) is 13.7. The molecule has 0 spiro atoms. The van der Waals surface area contributed by atoms with E-state index in [0.717, 1.165) is 0 Å². The average molecular weight is 396 g/mol. The van der Waals surface area contributed by atoms with Crippen LogP contribution >= 0.6 is 7.92 Å². The second-order valence-electron chi connectivity index (χ2n) is 7.77. The molecule has 0 aromatic heterocycles. The summed E-state index contributed by atoms with van der Waals surface area (Å²) < 4.78 is 0.